The van der Waals surface area contributed by atoms with Crippen molar-refractivity contribution in [3.8, 4) is 0 Å². The van der Waals surface area contributed by atoms with Gasteiger partial charge in [-0.15, -0.1) is 0 Å². The van der Waals surface area contributed by atoms with Gasteiger partial charge in [-0.2, -0.15) is 0 Å². The van der Waals surface area contributed by atoms with E-state index in [1.165, 1.54) is 11.1 Å². The third kappa shape index (κ3) is 8.60. The van der Waals surface area contributed by atoms with Crippen molar-refractivity contribution in [2.24, 2.45) is 0 Å². The molecule has 3 aromatic carbocycles. The Morgan fingerprint density at radius 2 is 1.31 bits per heavy atom. The van der Waals surface area contributed by atoms with Gasteiger partial charge in [-0.1, -0.05) is 86.6 Å². The molecule has 0 bridgehead atoms. The highest BCUT2D eigenvalue weighted by molar-refractivity contribution is 5.89. The largest absolute Gasteiger partial charge is 0.338 e. The summed E-state index contributed by atoms with van der Waals surface area (Å²) in [6.07, 6.45) is 2.89. The first-order valence-corrected chi connectivity index (χ1v) is 12.6. The van der Waals surface area contributed by atoms with Crippen molar-refractivity contribution in [1.29, 1.82) is 0 Å². The van der Waals surface area contributed by atoms with Crippen LogP contribution in [-0.4, -0.2) is 41.4 Å². The maximum absolute atomic E-state index is 13.3. The number of anilines is 1. The number of rotatable bonds is 12. The van der Waals surface area contributed by atoms with E-state index in [1.54, 1.807) is 4.90 Å². The summed E-state index contributed by atoms with van der Waals surface area (Å²) in [5.74, 6) is 0.0611. The number of hydrogen-bond donors (Lipinski definition) is 1. The number of amides is 3. The second kappa shape index (κ2) is 14.0. The van der Waals surface area contributed by atoms with Crippen LogP contribution in [0.4, 0.5) is 10.5 Å². The molecule has 0 unspecified atom stereocenters. The molecule has 5 nitrogen and oxygen atoms in total. The number of aryl methyl sites for hydroxylation is 1. The van der Waals surface area contributed by atoms with Gasteiger partial charge >= 0.3 is 6.03 Å². The normalized spacial score (nSPS) is 10.6. The lowest BCUT2D eigenvalue weighted by Gasteiger charge is -2.26. The summed E-state index contributed by atoms with van der Waals surface area (Å²) in [6.45, 7) is 6.35. The predicted molar refractivity (Wildman–Crippen MR) is 143 cm³/mol. The number of carbonyl (C=O) groups excluding carboxylic acids is 2. The lowest BCUT2D eigenvalue weighted by molar-refractivity contribution is -0.132. The summed E-state index contributed by atoms with van der Waals surface area (Å²) in [7, 11) is 0. The standard InChI is InChI=1S/C30H37N3O2/c1-3-21-32(30(35)31-28-17-15-25(4-2)16-18-28)23-20-29(34)33(24-27-13-9-6-10-14-27)22-19-26-11-7-5-8-12-26/h5-18H,3-4,19-24H2,1-2H3,(H,31,35). The zero-order valence-corrected chi connectivity index (χ0v) is 21.0. The highest BCUT2D eigenvalue weighted by Crippen LogP contribution is 2.13. The number of hydrogen-bond acceptors (Lipinski definition) is 2. The van der Waals surface area contributed by atoms with Crippen molar-refractivity contribution in [3.05, 3.63) is 102 Å². The molecule has 0 fully saturated rings. The first-order valence-electron chi connectivity index (χ1n) is 12.6. The first kappa shape index (κ1) is 26.0. The molecule has 3 rings (SSSR count). The molecule has 3 amide bonds. The van der Waals surface area contributed by atoms with E-state index in [-0.39, 0.29) is 11.9 Å². The van der Waals surface area contributed by atoms with Gasteiger partial charge in [0.2, 0.25) is 5.91 Å². The Bertz CT molecular complexity index is 1040. The minimum absolute atomic E-state index is 0.0611. The molecule has 0 aromatic heterocycles. The van der Waals surface area contributed by atoms with Crippen LogP contribution in [0.15, 0.2) is 84.9 Å². The molecule has 3 aromatic rings. The Hall–Kier alpha value is -3.60. The molecular formula is C30H37N3O2. The number of carbonyl (C=O) groups is 2. The molecule has 0 aliphatic rings. The van der Waals surface area contributed by atoms with Crippen LogP contribution in [0, 0.1) is 0 Å². The maximum atomic E-state index is 13.3. The molecular weight excluding hydrogens is 434 g/mol. The molecule has 0 spiro atoms. The van der Waals surface area contributed by atoms with E-state index < -0.39 is 0 Å². The molecule has 184 valence electrons. The molecule has 0 saturated heterocycles. The Labute approximate surface area is 209 Å². The molecule has 5 heteroatoms. The van der Waals surface area contributed by atoms with Crippen molar-refractivity contribution in [3.63, 3.8) is 0 Å². The van der Waals surface area contributed by atoms with Crippen molar-refractivity contribution in [2.45, 2.75) is 46.1 Å². The van der Waals surface area contributed by atoms with E-state index in [9.17, 15) is 9.59 Å². The van der Waals surface area contributed by atoms with Crippen LogP contribution in [0.2, 0.25) is 0 Å². The third-order valence-electron chi connectivity index (χ3n) is 6.07. The lowest BCUT2D eigenvalue weighted by Crippen LogP contribution is -2.40. The fourth-order valence-corrected chi connectivity index (χ4v) is 4.00. The van der Waals surface area contributed by atoms with E-state index in [0.717, 1.165) is 30.5 Å². The van der Waals surface area contributed by atoms with Crippen LogP contribution in [0.3, 0.4) is 0 Å². The Morgan fingerprint density at radius 3 is 1.91 bits per heavy atom. The second-order valence-electron chi connectivity index (χ2n) is 8.75. The molecule has 0 atom stereocenters. The van der Waals surface area contributed by atoms with Gasteiger partial charge in [0.05, 0.1) is 0 Å². The first-order chi connectivity index (χ1) is 17.1. The van der Waals surface area contributed by atoms with E-state index in [4.69, 9.17) is 0 Å². The summed E-state index contributed by atoms with van der Waals surface area (Å²) in [5.41, 5.74) is 4.31. The average molecular weight is 472 g/mol. The molecule has 0 heterocycles. The monoisotopic (exact) mass is 471 g/mol. The van der Waals surface area contributed by atoms with E-state index in [2.05, 4.69) is 24.4 Å². The quantitative estimate of drug-likeness (QED) is 0.344. The van der Waals surface area contributed by atoms with Crippen molar-refractivity contribution >= 4 is 17.6 Å². The molecule has 0 saturated carbocycles. The summed E-state index contributed by atoms with van der Waals surface area (Å²) in [4.78, 5) is 29.9. The zero-order chi connectivity index (χ0) is 24.9. The van der Waals surface area contributed by atoms with Crippen molar-refractivity contribution in [1.82, 2.24) is 9.80 Å². The molecule has 1 N–H and O–H groups in total. The SMILES string of the molecule is CCCN(CCC(=O)N(CCc1ccccc1)Cc1ccccc1)C(=O)Nc1ccc(CC)cc1. The number of urea groups is 1. The Balaban J connectivity index is 1.62. The highest BCUT2D eigenvalue weighted by Gasteiger charge is 2.18. The van der Waals surface area contributed by atoms with Gasteiger partial charge in [0.25, 0.3) is 0 Å². The predicted octanol–water partition coefficient (Wildman–Crippen LogP) is 6.15. The van der Waals surface area contributed by atoms with E-state index in [0.29, 0.717) is 32.6 Å². The molecule has 35 heavy (non-hydrogen) atoms. The van der Waals surface area contributed by atoms with Gasteiger partial charge in [0.1, 0.15) is 0 Å². The molecule has 0 radical (unpaired) electrons. The molecule has 0 aliphatic carbocycles. The van der Waals surface area contributed by atoms with Crippen LogP contribution < -0.4 is 5.32 Å². The number of nitrogens with zero attached hydrogens (tertiary/aromatic N) is 2. The fourth-order valence-electron chi connectivity index (χ4n) is 4.00. The minimum atomic E-state index is -0.164. The van der Waals surface area contributed by atoms with Crippen molar-refractivity contribution < 1.29 is 9.59 Å². The summed E-state index contributed by atoms with van der Waals surface area (Å²) >= 11 is 0. The highest BCUT2D eigenvalue weighted by atomic mass is 16.2. The van der Waals surface area contributed by atoms with Gasteiger partial charge in [-0.3, -0.25) is 4.79 Å². The second-order valence-corrected chi connectivity index (χ2v) is 8.75. The summed E-state index contributed by atoms with van der Waals surface area (Å²) < 4.78 is 0. The number of nitrogens with one attached hydrogen (secondary N) is 1. The van der Waals surface area contributed by atoms with Crippen molar-refractivity contribution in [2.75, 3.05) is 25.0 Å². The smallest absolute Gasteiger partial charge is 0.321 e. The van der Waals surface area contributed by atoms with Gasteiger partial charge in [0.15, 0.2) is 0 Å². The summed E-state index contributed by atoms with van der Waals surface area (Å²) in [6, 6.07) is 28.0. The maximum Gasteiger partial charge on any atom is 0.321 e. The third-order valence-corrected chi connectivity index (χ3v) is 6.07. The van der Waals surface area contributed by atoms with Crippen LogP contribution in [0.1, 0.15) is 43.4 Å². The fraction of sp³-hybridized carbons (Fsp3) is 0.333. The van der Waals surface area contributed by atoms with Gasteiger partial charge in [-0.05, 0) is 48.1 Å². The van der Waals surface area contributed by atoms with Crippen LogP contribution in [-0.2, 0) is 24.2 Å². The molecule has 0 aliphatic heterocycles. The lowest BCUT2D eigenvalue weighted by atomic mass is 10.1. The van der Waals surface area contributed by atoms with Crippen LogP contribution in [0.5, 0.6) is 0 Å². The average Bonchev–Trinajstić information content (AvgIpc) is 2.90. The van der Waals surface area contributed by atoms with Crippen LogP contribution in [0.25, 0.3) is 0 Å². The number of benzene rings is 3. The zero-order valence-electron chi connectivity index (χ0n) is 21.0. The summed E-state index contributed by atoms with van der Waals surface area (Å²) in [5, 5.41) is 2.98. The minimum Gasteiger partial charge on any atom is -0.338 e. The van der Waals surface area contributed by atoms with E-state index >= 15 is 0 Å². The topological polar surface area (TPSA) is 52.7 Å². The van der Waals surface area contributed by atoms with Gasteiger partial charge in [0, 0.05) is 38.3 Å². The van der Waals surface area contributed by atoms with Crippen LogP contribution >= 0.6 is 0 Å². The van der Waals surface area contributed by atoms with Gasteiger partial charge in [-0.25, -0.2) is 4.79 Å². The van der Waals surface area contributed by atoms with E-state index in [1.807, 2.05) is 84.6 Å². The Kier molecular flexibility index (Phi) is 10.4. The Morgan fingerprint density at radius 1 is 0.686 bits per heavy atom. The van der Waals surface area contributed by atoms with Gasteiger partial charge < -0.3 is 15.1 Å².